The summed E-state index contributed by atoms with van der Waals surface area (Å²) in [6.45, 7) is 5.47. The average Bonchev–Trinajstić information content (AvgIpc) is 3.19. The summed E-state index contributed by atoms with van der Waals surface area (Å²) in [5.74, 6) is 0.546. The van der Waals surface area contributed by atoms with E-state index in [-0.39, 0.29) is 16.6 Å². The molecule has 1 aromatic heterocycles. The standard InChI is InChI=1S/C22H23N3O4S/c1-4-17-6-12-20(13-7-17)30(27,28)25-24-16(3)18-8-10-19(11-9-18)23-22(26)21-14-5-15(2)29-21/h5-14,25H,4H2,1-3H3,(H,23,26). The van der Waals surface area contributed by atoms with E-state index in [2.05, 4.69) is 15.2 Å². The molecule has 0 atom stereocenters. The van der Waals surface area contributed by atoms with Crippen LogP contribution in [0.15, 0.2) is 75.1 Å². The topological polar surface area (TPSA) is 101 Å². The van der Waals surface area contributed by atoms with E-state index >= 15 is 0 Å². The van der Waals surface area contributed by atoms with Crippen LogP contribution >= 0.6 is 0 Å². The summed E-state index contributed by atoms with van der Waals surface area (Å²) in [4.78, 5) is 14.5. The number of aryl methyl sites for hydroxylation is 2. The molecule has 156 valence electrons. The van der Waals surface area contributed by atoms with E-state index in [1.807, 2.05) is 6.92 Å². The van der Waals surface area contributed by atoms with Gasteiger partial charge in [0.05, 0.1) is 10.6 Å². The zero-order valence-electron chi connectivity index (χ0n) is 17.0. The fraction of sp³-hybridized carbons (Fsp3) is 0.182. The highest BCUT2D eigenvalue weighted by molar-refractivity contribution is 7.89. The zero-order valence-corrected chi connectivity index (χ0v) is 17.8. The smallest absolute Gasteiger partial charge is 0.291 e. The number of amides is 1. The van der Waals surface area contributed by atoms with E-state index in [4.69, 9.17) is 4.42 Å². The highest BCUT2D eigenvalue weighted by atomic mass is 32.2. The van der Waals surface area contributed by atoms with E-state index in [0.29, 0.717) is 22.7 Å². The number of hydrogen-bond donors (Lipinski definition) is 2. The quantitative estimate of drug-likeness (QED) is 0.439. The first-order valence-corrected chi connectivity index (χ1v) is 10.9. The van der Waals surface area contributed by atoms with Crippen molar-refractivity contribution in [1.29, 1.82) is 0 Å². The van der Waals surface area contributed by atoms with Gasteiger partial charge in [0.1, 0.15) is 5.76 Å². The fourth-order valence-electron chi connectivity index (χ4n) is 2.69. The van der Waals surface area contributed by atoms with E-state index in [1.54, 1.807) is 74.5 Å². The van der Waals surface area contributed by atoms with E-state index < -0.39 is 10.0 Å². The van der Waals surface area contributed by atoms with Gasteiger partial charge in [-0.15, -0.1) is 0 Å². The van der Waals surface area contributed by atoms with Crippen LogP contribution in [-0.2, 0) is 16.4 Å². The summed E-state index contributed by atoms with van der Waals surface area (Å²) in [5, 5.41) is 6.74. The molecule has 2 aromatic carbocycles. The van der Waals surface area contributed by atoms with Crippen molar-refractivity contribution in [1.82, 2.24) is 4.83 Å². The average molecular weight is 426 g/mol. The predicted octanol–water partition coefficient (Wildman–Crippen LogP) is 4.11. The number of furan rings is 1. The normalized spacial score (nSPS) is 11.9. The van der Waals surface area contributed by atoms with E-state index in [9.17, 15) is 13.2 Å². The van der Waals surface area contributed by atoms with Crippen LogP contribution in [-0.4, -0.2) is 20.0 Å². The Balaban J connectivity index is 1.66. The van der Waals surface area contributed by atoms with Crippen molar-refractivity contribution in [2.75, 3.05) is 5.32 Å². The number of anilines is 1. The molecular formula is C22H23N3O4S. The number of nitrogens with zero attached hydrogens (tertiary/aromatic N) is 1. The fourth-order valence-corrected chi connectivity index (χ4v) is 3.55. The Bertz CT molecular complexity index is 1160. The van der Waals surface area contributed by atoms with Crippen molar-refractivity contribution < 1.29 is 17.6 Å². The lowest BCUT2D eigenvalue weighted by Gasteiger charge is -2.07. The Kier molecular flexibility index (Phi) is 6.37. The van der Waals surface area contributed by atoms with Crippen molar-refractivity contribution in [3.8, 4) is 0 Å². The predicted molar refractivity (Wildman–Crippen MR) is 116 cm³/mol. The summed E-state index contributed by atoms with van der Waals surface area (Å²) in [6.07, 6.45) is 0.836. The van der Waals surface area contributed by atoms with E-state index in [0.717, 1.165) is 12.0 Å². The maximum atomic E-state index is 12.4. The van der Waals surface area contributed by atoms with Gasteiger partial charge in [-0.1, -0.05) is 31.2 Å². The van der Waals surface area contributed by atoms with Crippen molar-refractivity contribution in [2.45, 2.75) is 32.1 Å². The Morgan fingerprint density at radius 3 is 2.23 bits per heavy atom. The first-order valence-electron chi connectivity index (χ1n) is 9.42. The molecular weight excluding hydrogens is 402 g/mol. The number of nitrogens with one attached hydrogen (secondary N) is 2. The van der Waals surface area contributed by atoms with E-state index in [1.165, 1.54) is 0 Å². The van der Waals surface area contributed by atoms with Crippen LogP contribution in [0.4, 0.5) is 5.69 Å². The minimum absolute atomic E-state index is 0.155. The molecule has 7 nitrogen and oxygen atoms in total. The van der Waals surface area contributed by atoms with Crippen LogP contribution in [0.5, 0.6) is 0 Å². The van der Waals surface area contributed by atoms with Crippen LogP contribution in [0.3, 0.4) is 0 Å². The third kappa shape index (κ3) is 5.15. The van der Waals surface area contributed by atoms with Gasteiger partial charge in [-0.3, -0.25) is 4.79 Å². The molecule has 1 heterocycles. The van der Waals surface area contributed by atoms with Gasteiger partial charge in [0, 0.05) is 5.69 Å². The minimum Gasteiger partial charge on any atom is -0.456 e. The molecule has 1 amide bonds. The summed E-state index contributed by atoms with van der Waals surface area (Å²) in [6, 6.07) is 16.9. The second-order valence-electron chi connectivity index (χ2n) is 6.73. The Morgan fingerprint density at radius 2 is 1.67 bits per heavy atom. The molecule has 3 rings (SSSR count). The summed E-state index contributed by atoms with van der Waals surface area (Å²) in [5.41, 5.74) is 2.85. The van der Waals surface area contributed by atoms with Gasteiger partial charge in [0.25, 0.3) is 15.9 Å². The molecule has 8 heteroatoms. The molecule has 0 aliphatic rings. The maximum Gasteiger partial charge on any atom is 0.291 e. The van der Waals surface area contributed by atoms with Gasteiger partial charge in [-0.05, 0) is 67.8 Å². The van der Waals surface area contributed by atoms with Crippen molar-refractivity contribution in [2.24, 2.45) is 5.10 Å². The largest absolute Gasteiger partial charge is 0.456 e. The van der Waals surface area contributed by atoms with Gasteiger partial charge in [-0.2, -0.15) is 18.4 Å². The lowest BCUT2D eigenvalue weighted by molar-refractivity contribution is 0.0995. The molecule has 0 fully saturated rings. The molecule has 30 heavy (non-hydrogen) atoms. The van der Waals surface area contributed by atoms with Crippen molar-refractivity contribution in [3.05, 3.63) is 83.3 Å². The molecule has 0 bridgehead atoms. The number of carbonyl (C=O) groups excluding carboxylic acids is 1. The van der Waals surface area contributed by atoms with Crippen LogP contribution < -0.4 is 10.1 Å². The second kappa shape index (κ2) is 8.96. The van der Waals surface area contributed by atoms with Gasteiger partial charge in [-0.25, -0.2) is 0 Å². The van der Waals surface area contributed by atoms with Crippen molar-refractivity contribution in [3.63, 3.8) is 0 Å². The van der Waals surface area contributed by atoms with Gasteiger partial charge < -0.3 is 9.73 Å². The maximum absolute atomic E-state index is 12.4. The van der Waals surface area contributed by atoms with Gasteiger partial charge in [0.2, 0.25) is 0 Å². The van der Waals surface area contributed by atoms with Crippen molar-refractivity contribution >= 4 is 27.3 Å². The Hall–Kier alpha value is -3.39. The molecule has 0 saturated heterocycles. The molecule has 3 aromatic rings. The first-order chi connectivity index (χ1) is 14.3. The molecule has 0 saturated carbocycles. The van der Waals surface area contributed by atoms with Crippen LogP contribution in [0, 0.1) is 6.92 Å². The molecule has 0 unspecified atom stereocenters. The Labute approximate surface area is 175 Å². The molecule has 2 N–H and O–H groups in total. The summed E-state index contributed by atoms with van der Waals surface area (Å²) in [7, 11) is -3.75. The second-order valence-corrected chi connectivity index (χ2v) is 8.39. The number of hydrazone groups is 1. The third-order valence-electron chi connectivity index (χ3n) is 4.50. The minimum atomic E-state index is -3.75. The molecule has 0 aliphatic carbocycles. The number of sulfonamides is 1. The first kappa shape index (κ1) is 21.3. The third-order valence-corrected chi connectivity index (χ3v) is 5.72. The highest BCUT2D eigenvalue weighted by Gasteiger charge is 2.13. The summed E-state index contributed by atoms with van der Waals surface area (Å²) >= 11 is 0. The number of rotatable bonds is 7. The van der Waals surface area contributed by atoms with Crippen LogP contribution in [0.25, 0.3) is 0 Å². The highest BCUT2D eigenvalue weighted by Crippen LogP contribution is 2.14. The number of hydrogen-bond acceptors (Lipinski definition) is 5. The molecule has 0 aliphatic heterocycles. The van der Waals surface area contributed by atoms with Crippen LogP contribution in [0.1, 0.15) is 41.3 Å². The monoisotopic (exact) mass is 425 g/mol. The lowest BCUT2D eigenvalue weighted by atomic mass is 10.1. The molecule has 0 spiro atoms. The Morgan fingerprint density at radius 1 is 1.00 bits per heavy atom. The zero-order chi connectivity index (χ0) is 21.7. The van der Waals surface area contributed by atoms with Gasteiger partial charge >= 0.3 is 0 Å². The number of carbonyl (C=O) groups is 1. The number of benzene rings is 2. The molecule has 0 radical (unpaired) electrons. The van der Waals surface area contributed by atoms with Gasteiger partial charge in [0.15, 0.2) is 5.76 Å². The summed E-state index contributed by atoms with van der Waals surface area (Å²) < 4.78 is 30.1. The SMILES string of the molecule is CCc1ccc(S(=O)(=O)NN=C(C)c2ccc(NC(=O)c3ccc(C)o3)cc2)cc1. The lowest BCUT2D eigenvalue weighted by Crippen LogP contribution is -2.20. The van der Waals surface area contributed by atoms with Crippen LogP contribution in [0.2, 0.25) is 0 Å².